The molecule has 1 aliphatic heterocycles. The van der Waals surface area contributed by atoms with Gasteiger partial charge in [-0.1, -0.05) is 38.1 Å². The van der Waals surface area contributed by atoms with Gasteiger partial charge in [-0.2, -0.15) is 0 Å². The van der Waals surface area contributed by atoms with Gasteiger partial charge in [0.15, 0.2) is 0 Å². The van der Waals surface area contributed by atoms with Crippen molar-refractivity contribution in [3.8, 4) is 5.75 Å². The van der Waals surface area contributed by atoms with Gasteiger partial charge in [0.1, 0.15) is 5.75 Å². The molecule has 0 aromatic heterocycles. The third-order valence-corrected chi connectivity index (χ3v) is 4.05. The Kier molecular flexibility index (Phi) is 4.14. The Labute approximate surface area is 131 Å². The third-order valence-electron chi connectivity index (χ3n) is 4.05. The van der Waals surface area contributed by atoms with E-state index >= 15 is 0 Å². The Hall–Kier alpha value is -2.29. The minimum absolute atomic E-state index is 0.0769. The molecule has 0 radical (unpaired) electrons. The van der Waals surface area contributed by atoms with E-state index < -0.39 is 0 Å². The molecule has 2 aromatic carbocycles. The first-order valence-electron chi connectivity index (χ1n) is 7.77. The summed E-state index contributed by atoms with van der Waals surface area (Å²) in [7, 11) is 0. The van der Waals surface area contributed by atoms with E-state index in [1.807, 2.05) is 24.3 Å². The van der Waals surface area contributed by atoms with Crippen LogP contribution in [0.2, 0.25) is 0 Å². The molecule has 1 aliphatic rings. The largest absolute Gasteiger partial charge is 0.493 e. The van der Waals surface area contributed by atoms with Gasteiger partial charge in [0.05, 0.1) is 13.0 Å². The first kappa shape index (κ1) is 14.6. The quantitative estimate of drug-likeness (QED) is 0.907. The standard InChI is InChI=1S/C19H21NO2/c1-13(2)15-6-3-7-16(11-15)22-10-9-14-5-4-8-18-17(14)12-19(21)20-18/h3-8,11,13H,9-10,12H2,1-2H3,(H,20,21). The van der Waals surface area contributed by atoms with E-state index in [1.54, 1.807) is 0 Å². The summed E-state index contributed by atoms with van der Waals surface area (Å²) in [6.45, 7) is 4.97. The molecule has 0 aliphatic carbocycles. The molecule has 3 nitrogen and oxygen atoms in total. The zero-order valence-corrected chi connectivity index (χ0v) is 13.1. The highest BCUT2D eigenvalue weighted by Gasteiger charge is 2.19. The molecule has 0 saturated heterocycles. The van der Waals surface area contributed by atoms with Crippen molar-refractivity contribution < 1.29 is 9.53 Å². The van der Waals surface area contributed by atoms with Gasteiger partial charge in [0, 0.05) is 12.1 Å². The predicted octanol–water partition coefficient (Wildman–Crippen LogP) is 3.93. The zero-order valence-electron chi connectivity index (χ0n) is 13.1. The van der Waals surface area contributed by atoms with Crippen molar-refractivity contribution in [2.45, 2.75) is 32.6 Å². The summed E-state index contributed by atoms with van der Waals surface area (Å²) in [5.41, 5.74) is 4.54. The van der Waals surface area contributed by atoms with E-state index in [1.165, 1.54) is 11.1 Å². The lowest BCUT2D eigenvalue weighted by molar-refractivity contribution is -0.115. The Morgan fingerprint density at radius 1 is 1.18 bits per heavy atom. The normalized spacial score (nSPS) is 13.1. The molecule has 22 heavy (non-hydrogen) atoms. The number of amides is 1. The minimum Gasteiger partial charge on any atom is -0.493 e. The van der Waals surface area contributed by atoms with Gasteiger partial charge >= 0.3 is 0 Å². The molecule has 3 heteroatoms. The first-order valence-corrected chi connectivity index (χ1v) is 7.77. The molecule has 0 fully saturated rings. The van der Waals surface area contributed by atoms with Crippen molar-refractivity contribution in [1.29, 1.82) is 0 Å². The van der Waals surface area contributed by atoms with Crippen LogP contribution in [0.4, 0.5) is 5.69 Å². The molecule has 0 saturated carbocycles. The monoisotopic (exact) mass is 295 g/mol. The number of carbonyl (C=O) groups excluding carboxylic acids is 1. The van der Waals surface area contributed by atoms with Gasteiger partial charge in [0.2, 0.25) is 5.91 Å². The first-order chi connectivity index (χ1) is 10.6. The van der Waals surface area contributed by atoms with Gasteiger partial charge in [-0.05, 0) is 40.8 Å². The zero-order chi connectivity index (χ0) is 15.5. The van der Waals surface area contributed by atoms with Crippen molar-refractivity contribution in [2.24, 2.45) is 0 Å². The van der Waals surface area contributed by atoms with Gasteiger partial charge in [-0.3, -0.25) is 4.79 Å². The average molecular weight is 295 g/mol. The third kappa shape index (κ3) is 3.14. The molecular formula is C19H21NO2. The number of nitrogens with one attached hydrogen (secondary N) is 1. The number of fused-ring (bicyclic) bond motifs is 1. The number of benzene rings is 2. The maximum atomic E-state index is 11.5. The summed E-state index contributed by atoms with van der Waals surface area (Å²) in [6.07, 6.45) is 1.29. The second-order valence-corrected chi connectivity index (χ2v) is 5.99. The molecule has 2 aromatic rings. The van der Waals surface area contributed by atoms with Crippen molar-refractivity contribution in [1.82, 2.24) is 0 Å². The molecule has 1 amide bonds. The van der Waals surface area contributed by atoms with Gasteiger partial charge in [0.25, 0.3) is 0 Å². The highest BCUT2D eigenvalue weighted by atomic mass is 16.5. The number of rotatable bonds is 5. The molecule has 0 bridgehead atoms. The molecule has 1 N–H and O–H groups in total. The van der Waals surface area contributed by atoms with Gasteiger partial charge in [-0.25, -0.2) is 0 Å². The minimum atomic E-state index is 0.0769. The summed E-state index contributed by atoms with van der Waals surface area (Å²) in [6, 6.07) is 14.3. The topological polar surface area (TPSA) is 38.3 Å². The van der Waals surface area contributed by atoms with E-state index in [0.29, 0.717) is 18.9 Å². The van der Waals surface area contributed by atoms with Crippen LogP contribution in [0.25, 0.3) is 0 Å². The molecule has 0 spiro atoms. The van der Waals surface area contributed by atoms with Crippen LogP contribution in [0.15, 0.2) is 42.5 Å². The van der Waals surface area contributed by atoms with Crippen LogP contribution in [0.1, 0.15) is 36.5 Å². The van der Waals surface area contributed by atoms with Crippen LogP contribution < -0.4 is 10.1 Å². The lowest BCUT2D eigenvalue weighted by atomic mass is 10.0. The second kappa shape index (κ2) is 6.22. The smallest absolute Gasteiger partial charge is 0.228 e. The van der Waals surface area contributed by atoms with Gasteiger partial charge in [-0.15, -0.1) is 0 Å². The number of hydrogen-bond donors (Lipinski definition) is 1. The van der Waals surface area contributed by atoms with Crippen LogP contribution in [0, 0.1) is 0 Å². The maximum absolute atomic E-state index is 11.5. The number of hydrogen-bond acceptors (Lipinski definition) is 2. The molecule has 3 rings (SSSR count). The number of anilines is 1. The summed E-state index contributed by atoms with van der Waals surface area (Å²) >= 11 is 0. The van der Waals surface area contributed by atoms with Crippen LogP contribution in [0.3, 0.4) is 0 Å². The Balaban J connectivity index is 1.64. The molecule has 0 unspecified atom stereocenters. The van der Waals surface area contributed by atoms with E-state index in [4.69, 9.17) is 4.74 Å². The summed E-state index contributed by atoms with van der Waals surface area (Å²) in [5, 5.41) is 2.89. The fourth-order valence-corrected chi connectivity index (χ4v) is 2.79. The van der Waals surface area contributed by atoms with Gasteiger partial charge < -0.3 is 10.1 Å². The van der Waals surface area contributed by atoms with Crippen molar-refractivity contribution in [3.05, 3.63) is 59.2 Å². The number of ether oxygens (including phenoxy) is 1. The summed E-state index contributed by atoms with van der Waals surface area (Å²) < 4.78 is 5.88. The average Bonchev–Trinajstić information content (AvgIpc) is 2.89. The highest BCUT2D eigenvalue weighted by Crippen LogP contribution is 2.27. The molecule has 1 heterocycles. The van der Waals surface area contributed by atoms with Crippen LogP contribution in [-0.2, 0) is 17.6 Å². The summed E-state index contributed by atoms with van der Waals surface area (Å²) in [5.74, 6) is 1.49. The van der Waals surface area contributed by atoms with E-state index in [-0.39, 0.29) is 5.91 Å². The summed E-state index contributed by atoms with van der Waals surface area (Å²) in [4.78, 5) is 11.5. The van der Waals surface area contributed by atoms with Crippen molar-refractivity contribution in [2.75, 3.05) is 11.9 Å². The van der Waals surface area contributed by atoms with Crippen LogP contribution >= 0.6 is 0 Å². The highest BCUT2D eigenvalue weighted by molar-refractivity contribution is 5.99. The lowest BCUT2D eigenvalue weighted by Gasteiger charge is -2.11. The van der Waals surface area contributed by atoms with Crippen molar-refractivity contribution >= 4 is 11.6 Å². The molecule has 0 atom stereocenters. The fourth-order valence-electron chi connectivity index (χ4n) is 2.79. The van der Waals surface area contributed by atoms with E-state index in [9.17, 15) is 4.79 Å². The fraction of sp³-hybridized carbons (Fsp3) is 0.316. The Bertz CT molecular complexity index is 692. The van der Waals surface area contributed by atoms with Crippen LogP contribution in [-0.4, -0.2) is 12.5 Å². The Morgan fingerprint density at radius 3 is 2.82 bits per heavy atom. The van der Waals surface area contributed by atoms with E-state index in [0.717, 1.165) is 23.4 Å². The second-order valence-electron chi connectivity index (χ2n) is 5.99. The van der Waals surface area contributed by atoms with Crippen molar-refractivity contribution in [3.63, 3.8) is 0 Å². The van der Waals surface area contributed by atoms with Crippen LogP contribution in [0.5, 0.6) is 5.75 Å². The SMILES string of the molecule is CC(C)c1cccc(OCCc2cccc3c2CC(=O)N3)c1. The lowest BCUT2D eigenvalue weighted by Crippen LogP contribution is -2.05. The number of carbonyl (C=O) groups is 1. The maximum Gasteiger partial charge on any atom is 0.228 e. The molecular weight excluding hydrogens is 274 g/mol. The Morgan fingerprint density at radius 2 is 2.00 bits per heavy atom. The van der Waals surface area contributed by atoms with E-state index in [2.05, 4.69) is 37.4 Å². The molecule has 114 valence electrons. The predicted molar refractivity (Wildman–Crippen MR) is 88.5 cm³/mol.